The summed E-state index contributed by atoms with van der Waals surface area (Å²) in [6.45, 7) is 7.69. The van der Waals surface area contributed by atoms with E-state index in [1.807, 2.05) is 6.92 Å². The summed E-state index contributed by atoms with van der Waals surface area (Å²) >= 11 is 0. The van der Waals surface area contributed by atoms with Crippen LogP contribution in [-0.4, -0.2) is 25.2 Å². The molecule has 0 aromatic rings. The summed E-state index contributed by atoms with van der Waals surface area (Å²) in [5, 5.41) is 3.45. The van der Waals surface area contributed by atoms with Crippen LogP contribution in [0.25, 0.3) is 0 Å². The van der Waals surface area contributed by atoms with E-state index in [0.717, 1.165) is 13.0 Å². The SMILES string of the molecule is CCCCCCC(C)NCCCC(=O)OCC. The highest BCUT2D eigenvalue weighted by Gasteiger charge is 2.03. The van der Waals surface area contributed by atoms with Crippen LogP contribution in [0.3, 0.4) is 0 Å². The van der Waals surface area contributed by atoms with Gasteiger partial charge in [0.25, 0.3) is 0 Å². The molecule has 0 aromatic heterocycles. The number of hydrogen-bond donors (Lipinski definition) is 1. The first-order valence-corrected chi connectivity index (χ1v) is 7.09. The van der Waals surface area contributed by atoms with Gasteiger partial charge in [0.15, 0.2) is 0 Å². The quantitative estimate of drug-likeness (QED) is 0.447. The fourth-order valence-corrected chi connectivity index (χ4v) is 1.79. The summed E-state index contributed by atoms with van der Waals surface area (Å²) in [5.74, 6) is -0.0788. The normalized spacial score (nSPS) is 12.4. The summed E-state index contributed by atoms with van der Waals surface area (Å²) < 4.78 is 4.87. The van der Waals surface area contributed by atoms with Crippen LogP contribution < -0.4 is 5.32 Å². The maximum Gasteiger partial charge on any atom is 0.305 e. The monoisotopic (exact) mass is 243 g/mol. The van der Waals surface area contributed by atoms with Gasteiger partial charge in [-0.15, -0.1) is 0 Å². The van der Waals surface area contributed by atoms with Crippen molar-refractivity contribution < 1.29 is 9.53 Å². The lowest BCUT2D eigenvalue weighted by atomic mass is 10.1. The second-order valence-corrected chi connectivity index (χ2v) is 4.61. The lowest BCUT2D eigenvalue weighted by Crippen LogP contribution is -2.27. The number of ether oxygens (including phenoxy) is 1. The summed E-state index contributed by atoms with van der Waals surface area (Å²) in [6.07, 6.45) is 7.92. The molecular weight excluding hydrogens is 214 g/mol. The van der Waals surface area contributed by atoms with Crippen molar-refractivity contribution in [2.75, 3.05) is 13.2 Å². The molecule has 17 heavy (non-hydrogen) atoms. The average molecular weight is 243 g/mol. The van der Waals surface area contributed by atoms with Gasteiger partial charge in [0.2, 0.25) is 0 Å². The number of carbonyl (C=O) groups is 1. The molecular formula is C14H29NO2. The molecule has 0 aliphatic heterocycles. The Kier molecular flexibility index (Phi) is 11.5. The minimum atomic E-state index is -0.0788. The maximum absolute atomic E-state index is 11.1. The minimum Gasteiger partial charge on any atom is -0.466 e. The van der Waals surface area contributed by atoms with Gasteiger partial charge in [0, 0.05) is 12.5 Å². The fourth-order valence-electron chi connectivity index (χ4n) is 1.79. The Hall–Kier alpha value is -0.570. The van der Waals surface area contributed by atoms with E-state index in [-0.39, 0.29) is 5.97 Å². The van der Waals surface area contributed by atoms with E-state index in [9.17, 15) is 4.79 Å². The van der Waals surface area contributed by atoms with Crippen molar-refractivity contribution in [1.82, 2.24) is 5.32 Å². The van der Waals surface area contributed by atoms with E-state index < -0.39 is 0 Å². The van der Waals surface area contributed by atoms with Crippen molar-refractivity contribution >= 4 is 5.97 Å². The molecule has 102 valence electrons. The van der Waals surface area contributed by atoms with Gasteiger partial charge >= 0.3 is 5.97 Å². The van der Waals surface area contributed by atoms with Crippen molar-refractivity contribution in [2.45, 2.75) is 71.8 Å². The third-order valence-electron chi connectivity index (χ3n) is 2.85. The van der Waals surface area contributed by atoms with Crippen LogP contribution in [0.15, 0.2) is 0 Å². The predicted octanol–water partition coefficient (Wildman–Crippen LogP) is 3.28. The van der Waals surface area contributed by atoms with Gasteiger partial charge in [-0.25, -0.2) is 0 Å². The molecule has 1 unspecified atom stereocenters. The van der Waals surface area contributed by atoms with Crippen molar-refractivity contribution in [2.24, 2.45) is 0 Å². The highest BCUT2D eigenvalue weighted by molar-refractivity contribution is 5.69. The van der Waals surface area contributed by atoms with Gasteiger partial charge in [-0.1, -0.05) is 32.6 Å². The Bertz CT molecular complexity index is 183. The molecule has 0 aliphatic carbocycles. The van der Waals surface area contributed by atoms with E-state index in [4.69, 9.17) is 4.74 Å². The summed E-state index contributed by atoms with van der Waals surface area (Å²) in [7, 11) is 0. The molecule has 0 heterocycles. The van der Waals surface area contributed by atoms with E-state index in [1.54, 1.807) is 0 Å². The molecule has 0 saturated carbocycles. The summed E-state index contributed by atoms with van der Waals surface area (Å²) in [4.78, 5) is 11.1. The van der Waals surface area contributed by atoms with Crippen LogP contribution in [0.5, 0.6) is 0 Å². The summed E-state index contributed by atoms with van der Waals surface area (Å²) in [6, 6.07) is 0.564. The lowest BCUT2D eigenvalue weighted by Gasteiger charge is -2.13. The maximum atomic E-state index is 11.1. The first-order chi connectivity index (χ1) is 8.20. The topological polar surface area (TPSA) is 38.3 Å². The molecule has 0 amide bonds. The molecule has 0 spiro atoms. The van der Waals surface area contributed by atoms with Crippen molar-refractivity contribution in [3.05, 3.63) is 0 Å². The van der Waals surface area contributed by atoms with Crippen molar-refractivity contribution in [3.63, 3.8) is 0 Å². The highest BCUT2D eigenvalue weighted by atomic mass is 16.5. The Morgan fingerprint density at radius 1 is 1.18 bits per heavy atom. The second-order valence-electron chi connectivity index (χ2n) is 4.61. The van der Waals surface area contributed by atoms with Crippen LogP contribution >= 0.6 is 0 Å². The predicted molar refractivity (Wildman–Crippen MR) is 72.1 cm³/mol. The first kappa shape index (κ1) is 16.4. The van der Waals surface area contributed by atoms with Gasteiger partial charge in [-0.05, 0) is 33.2 Å². The number of nitrogens with one attached hydrogen (secondary N) is 1. The molecule has 0 radical (unpaired) electrons. The van der Waals surface area contributed by atoms with Gasteiger partial charge in [-0.2, -0.15) is 0 Å². The zero-order chi connectivity index (χ0) is 12.9. The Balaban J connectivity index is 3.26. The number of esters is 1. The Morgan fingerprint density at radius 3 is 2.59 bits per heavy atom. The zero-order valence-electron chi connectivity index (χ0n) is 11.8. The fraction of sp³-hybridized carbons (Fsp3) is 0.929. The van der Waals surface area contributed by atoms with Crippen molar-refractivity contribution in [1.29, 1.82) is 0 Å². The first-order valence-electron chi connectivity index (χ1n) is 7.09. The molecule has 0 bridgehead atoms. The van der Waals surface area contributed by atoms with E-state index >= 15 is 0 Å². The van der Waals surface area contributed by atoms with Gasteiger partial charge < -0.3 is 10.1 Å². The van der Waals surface area contributed by atoms with Gasteiger partial charge in [-0.3, -0.25) is 4.79 Å². The van der Waals surface area contributed by atoms with E-state index in [2.05, 4.69) is 19.2 Å². The molecule has 0 aromatic carbocycles. The lowest BCUT2D eigenvalue weighted by molar-refractivity contribution is -0.143. The number of unbranched alkanes of at least 4 members (excludes halogenated alkanes) is 3. The molecule has 1 atom stereocenters. The third kappa shape index (κ3) is 11.7. The molecule has 3 heteroatoms. The van der Waals surface area contributed by atoms with Crippen LogP contribution in [-0.2, 0) is 9.53 Å². The van der Waals surface area contributed by atoms with Crippen LogP contribution in [0.1, 0.15) is 65.7 Å². The van der Waals surface area contributed by atoms with Gasteiger partial charge in [0.05, 0.1) is 6.61 Å². The molecule has 0 aliphatic rings. The Morgan fingerprint density at radius 2 is 1.94 bits per heavy atom. The van der Waals surface area contributed by atoms with Crippen molar-refractivity contribution in [3.8, 4) is 0 Å². The Labute approximate surface area is 106 Å². The molecule has 0 rings (SSSR count). The largest absolute Gasteiger partial charge is 0.466 e. The van der Waals surface area contributed by atoms with Gasteiger partial charge in [0.1, 0.15) is 0 Å². The third-order valence-corrected chi connectivity index (χ3v) is 2.85. The summed E-state index contributed by atoms with van der Waals surface area (Å²) in [5.41, 5.74) is 0. The molecule has 0 saturated heterocycles. The number of carbonyl (C=O) groups excluding carboxylic acids is 1. The van der Waals surface area contributed by atoms with Crippen LogP contribution in [0, 0.1) is 0 Å². The zero-order valence-corrected chi connectivity index (χ0v) is 11.8. The average Bonchev–Trinajstić information content (AvgIpc) is 2.31. The van der Waals surface area contributed by atoms with Crippen LogP contribution in [0.4, 0.5) is 0 Å². The minimum absolute atomic E-state index is 0.0788. The van der Waals surface area contributed by atoms with Crippen LogP contribution in [0.2, 0.25) is 0 Å². The standard InChI is InChI=1S/C14H29NO2/c1-4-6-7-8-10-13(3)15-12-9-11-14(16)17-5-2/h13,15H,4-12H2,1-3H3. The molecule has 1 N–H and O–H groups in total. The second kappa shape index (κ2) is 11.9. The van der Waals surface area contributed by atoms with E-state index in [1.165, 1.54) is 32.1 Å². The smallest absolute Gasteiger partial charge is 0.305 e. The molecule has 3 nitrogen and oxygen atoms in total. The van der Waals surface area contributed by atoms with E-state index in [0.29, 0.717) is 19.1 Å². The number of hydrogen-bond acceptors (Lipinski definition) is 3. The molecule has 0 fully saturated rings. The highest BCUT2D eigenvalue weighted by Crippen LogP contribution is 2.05. The number of rotatable bonds is 11.